The third-order valence-corrected chi connectivity index (χ3v) is 7.29. The highest BCUT2D eigenvalue weighted by molar-refractivity contribution is 7.16. The summed E-state index contributed by atoms with van der Waals surface area (Å²) >= 11 is 1.08. The highest BCUT2D eigenvalue weighted by Gasteiger charge is 2.35. The van der Waals surface area contributed by atoms with Crippen LogP contribution in [0.25, 0.3) is 16.0 Å². The molecule has 11 heteroatoms. The molecule has 1 saturated heterocycles. The minimum atomic E-state index is -4.63. The van der Waals surface area contributed by atoms with Gasteiger partial charge in [-0.25, -0.2) is 4.98 Å². The van der Waals surface area contributed by atoms with E-state index in [9.17, 15) is 18.0 Å². The lowest BCUT2D eigenvalue weighted by atomic mass is 10.0. The Morgan fingerprint density at radius 2 is 2.00 bits per heavy atom. The Morgan fingerprint density at radius 3 is 2.62 bits per heavy atom. The second kappa shape index (κ2) is 10.9. The molecule has 4 rings (SSSR count). The van der Waals surface area contributed by atoms with Gasteiger partial charge < -0.3 is 15.8 Å². The summed E-state index contributed by atoms with van der Waals surface area (Å²) in [6, 6.07) is 7.63. The number of primary amides is 1. The summed E-state index contributed by atoms with van der Waals surface area (Å²) in [5.74, 6) is -0.657. The van der Waals surface area contributed by atoms with Gasteiger partial charge in [0.05, 0.1) is 16.6 Å². The van der Waals surface area contributed by atoms with Gasteiger partial charge in [-0.2, -0.15) is 13.2 Å². The maximum atomic E-state index is 13.5. The number of allylic oxidation sites excluding steroid dienone is 2. The van der Waals surface area contributed by atoms with Gasteiger partial charge in [-0.15, -0.1) is 11.3 Å². The van der Waals surface area contributed by atoms with Gasteiger partial charge in [0, 0.05) is 44.4 Å². The van der Waals surface area contributed by atoms with Crippen LogP contribution in [0.3, 0.4) is 0 Å². The normalized spacial score (nSPS) is 16.3. The van der Waals surface area contributed by atoms with Gasteiger partial charge in [0.25, 0.3) is 5.91 Å². The van der Waals surface area contributed by atoms with Crippen molar-refractivity contribution in [1.82, 2.24) is 19.8 Å². The number of nitrogens with two attached hydrogens (primary N) is 1. The van der Waals surface area contributed by atoms with E-state index in [1.54, 1.807) is 12.4 Å². The first-order chi connectivity index (χ1) is 17.6. The van der Waals surface area contributed by atoms with Crippen molar-refractivity contribution in [3.63, 3.8) is 0 Å². The van der Waals surface area contributed by atoms with Gasteiger partial charge in [-0.1, -0.05) is 31.4 Å². The number of aromatic nitrogens is 2. The quantitative estimate of drug-likeness (QED) is 0.395. The van der Waals surface area contributed by atoms with Crippen LogP contribution in [0.2, 0.25) is 0 Å². The number of hydrogen-bond donors (Lipinski definition) is 2. The van der Waals surface area contributed by atoms with E-state index in [0.717, 1.165) is 72.8 Å². The topological polar surface area (TPSA) is 85.4 Å². The van der Waals surface area contributed by atoms with Crippen LogP contribution in [-0.2, 0) is 6.54 Å². The van der Waals surface area contributed by atoms with Gasteiger partial charge in [0.1, 0.15) is 28.1 Å². The Labute approximate surface area is 216 Å². The van der Waals surface area contributed by atoms with E-state index in [1.165, 1.54) is 6.92 Å². The summed E-state index contributed by atoms with van der Waals surface area (Å²) in [6.45, 7) is 12.8. The molecule has 1 unspecified atom stereocenters. The van der Waals surface area contributed by atoms with Crippen molar-refractivity contribution in [2.24, 2.45) is 5.73 Å². The van der Waals surface area contributed by atoms with Crippen LogP contribution in [0.4, 0.5) is 13.2 Å². The summed E-state index contributed by atoms with van der Waals surface area (Å²) in [5, 5.41) is 3.94. The first kappa shape index (κ1) is 26.6. The number of amides is 1. The molecule has 0 spiro atoms. The average molecular weight is 532 g/mol. The fraction of sp³-hybridized carbons (Fsp3) is 0.308. The smallest absolute Gasteiger partial charge is 0.416 e. The lowest BCUT2D eigenvalue weighted by Crippen LogP contribution is -2.42. The van der Waals surface area contributed by atoms with Crippen molar-refractivity contribution >= 4 is 28.3 Å². The zero-order valence-electron chi connectivity index (χ0n) is 20.3. The van der Waals surface area contributed by atoms with Gasteiger partial charge in [0.15, 0.2) is 0 Å². The average Bonchev–Trinajstić information content (AvgIpc) is 3.46. The molecule has 1 aromatic carbocycles. The highest BCUT2D eigenvalue weighted by atomic mass is 32.1. The van der Waals surface area contributed by atoms with Crippen molar-refractivity contribution in [2.75, 3.05) is 26.2 Å². The summed E-state index contributed by atoms with van der Waals surface area (Å²) < 4.78 is 48.0. The van der Waals surface area contributed by atoms with E-state index in [1.807, 2.05) is 16.7 Å². The largest absolute Gasteiger partial charge is 0.484 e. The molecule has 3 heterocycles. The van der Waals surface area contributed by atoms with Gasteiger partial charge in [-0.3, -0.25) is 14.3 Å². The number of halogens is 3. The number of carbonyl (C=O) groups excluding carboxylic acids is 1. The van der Waals surface area contributed by atoms with E-state index in [-0.39, 0.29) is 16.2 Å². The molecule has 196 valence electrons. The van der Waals surface area contributed by atoms with E-state index in [0.29, 0.717) is 5.00 Å². The minimum absolute atomic E-state index is 0.0868. The molecule has 0 saturated carbocycles. The standard InChI is InChI=1S/C26H28F3N5O2S/c1-4-18(19(5-2)26(27,28)29)16(3)36-22-13-23(37-24(22)25(30)35)34-15-32-20-7-6-17(12-21(20)34)14-33-10-8-31-9-11-33/h4-7,12-13,15-16,31H,1-2,8-11,14H2,3H3,(H2,30,35)/b19-18-. The zero-order valence-corrected chi connectivity index (χ0v) is 21.2. The first-order valence-corrected chi connectivity index (χ1v) is 12.5. The van der Waals surface area contributed by atoms with E-state index < -0.39 is 23.8 Å². The molecule has 1 aliphatic rings. The molecule has 2 aromatic heterocycles. The second-order valence-electron chi connectivity index (χ2n) is 8.64. The van der Waals surface area contributed by atoms with Gasteiger partial charge >= 0.3 is 6.18 Å². The number of ether oxygens (including phenoxy) is 1. The fourth-order valence-electron chi connectivity index (χ4n) is 4.34. The number of thiophene rings is 1. The van der Waals surface area contributed by atoms with Crippen LogP contribution < -0.4 is 15.8 Å². The molecule has 1 aliphatic heterocycles. The third-order valence-electron chi connectivity index (χ3n) is 6.16. The summed E-state index contributed by atoms with van der Waals surface area (Å²) in [6.07, 6.45) is -2.26. The molecule has 3 N–H and O–H groups in total. The molecule has 0 radical (unpaired) electrons. The van der Waals surface area contributed by atoms with E-state index >= 15 is 0 Å². The molecule has 7 nitrogen and oxygen atoms in total. The predicted octanol–water partition coefficient (Wildman–Crippen LogP) is 4.59. The number of benzene rings is 1. The van der Waals surface area contributed by atoms with Crippen molar-refractivity contribution < 1.29 is 22.7 Å². The lowest BCUT2D eigenvalue weighted by Gasteiger charge is -2.27. The molecule has 0 aliphatic carbocycles. The Hall–Kier alpha value is -3.41. The molecule has 1 fully saturated rings. The molecular weight excluding hydrogens is 503 g/mol. The van der Waals surface area contributed by atoms with Gasteiger partial charge in [-0.05, 0) is 24.6 Å². The lowest BCUT2D eigenvalue weighted by molar-refractivity contribution is -0.0894. The molecule has 1 amide bonds. The number of alkyl halides is 3. The van der Waals surface area contributed by atoms with Crippen molar-refractivity contribution in [1.29, 1.82) is 0 Å². The summed E-state index contributed by atoms with van der Waals surface area (Å²) in [7, 11) is 0. The van der Waals surface area contributed by atoms with E-state index in [4.69, 9.17) is 10.5 Å². The first-order valence-electron chi connectivity index (χ1n) is 11.7. The number of carbonyl (C=O) groups is 1. The van der Waals surface area contributed by atoms with E-state index in [2.05, 4.69) is 34.4 Å². The fourth-order valence-corrected chi connectivity index (χ4v) is 5.27. The van der Waals surface area contributed by atoms with Crippen molar-refractivity contribution in [2.45, 2.75) is 25.7 Å². The zero-order chi connectivity index (χ0) is 26.7. The number of piperazine rings is 1. The van der Waals surface area contributed by atoms with Crippen molar-refractivity contribution in [3.8, 4) is 10.8 Å². The van der Waals surface area contributed by atoms with Crippen LogP contribution in [0, 0.1) is 0 Å². The SMILES string of the molecule is C=C/C(=C(\C=C)C(F)(F)F)C(C)Oc1cc(-n2cnc3ccc(CN4CCNCC4)cc32)sc1C(N)=O. The van der Waals surface area contributed by atoms with Crippen LogP contribution in [0.5, 0.6) is 5.75 Å². The number of nitrogens with one attached hydrogen (secondary N) is 1. The monoisotopic (exact) mass is 531 g/mol. The molecule has 1 atom stereocenters. The van der Waals surface area contributed by atoms with Crippen LogP contribution in [-0.4, -0.2) is 58.8 Å². The Bertz CT molecular complexity index is 1350. The summed E-state index contributed by atoms with van der Waals surface area (Å²) in [5.41, 5.74) is 7.16. The Morgan fingerprint density at radius 1 is 1.27 bits per heavy atom. The number of nitrogens with zero attached hydrogens (tertiary/aromatic N) is 3. The molecule has 0 bridgehead atoms. The third kappa shape index (κ3) is 5.79. The Kier molecular flexibility index (Phi) is 7.86. The summed E-state index contributed by atoms with van der Waals surface area (Å²) in [4.78, 5) is 19.1. The predicted molar refractivity (Wildman–Crippen MR) is 139 cm³/mol. The minimum Gasteiger partial charge on any atom is -0.484 e. The highest BCUT2D eigenvalue weighted by Crippen LogP contribution is 2.36. The van der Waals surface area contributed by atoms with Crippen LogP contribution >= 0.6 is 11.3 Å². The Balaban J connectivity index is 1.68. The number of imidazole rings is 1. The molecule has 3 aromatic rings. The van der Waals surface area contributed by atoms with Crippen LogP contribution in [0.1, 0.15) is 22.2 Å². The maximum Gasteiger partial charge on any atom is 0.416 e. The number of fused-ring (bicyclic) bond motifs is 1. The van der Waals surface area contributed by atoms with Crippen molar-refractivity contribution in [3.05, 3.63) is 77.5 Å². The number of rotatable bonds is 9. The second-order valence-corrected chi connectivity index (χ2v) is 9.67. The molecular formula is C26H28F3N5O2S. The number of hydrogen-bond acceptors (Lipinski definition) is 6. The van der Waals surface area contributed by atoms with Gasteiger partial charge in [0.2, 0.25) is 0 Å². The van der Waals surface area contributed by atoms with Crippen LogP contribution in [0.15, 0.2) is 67.0 Å². The molecule has 37 heavy (non-hydrogen) atoms. The maximum absolute atomic E-state index is 13.5.